The maximum atomic E-state index is 12.9. The highest BCUT2D eigenvalue weighted by atomic mass is 19.4. The monoisotopic (exact) mass is 490 g/mol. The first-order chi connectivity index (χ1) is 17.4. The van der Waals surface area contributed by atoms with Gasteiger partial charge in [0.05, 0.1) is 25.5 Å². The summed E-state index contributed by atoms with van der Waals surface area (Å²) in [5.74, 6) is 1.44. The number of nitrogens with one attached hydrogen (secondary N) is 1. The zero-order chi connectivity index (χ0) is 25.1. The van der Waals surface area contributed by atoms with Gasteiger partial charge in [-0.1, -0.05) is 42.5 Å². The Morgan fingerprint density at radius 1 is 0.889 bits per heavy atom. The third kappa shape index (κ3) is 4.97. The molecule has 10 heteroatoms. The van der Waals surface area contributed by atoms with Crippen LogP contribution in [0.5, 0.6) is 5.88 Å². The van der Waals surface area contributed by atoms with Crippen LogP contribution in [0.15, 0.2) is 79.3 Å². The Morgan fingerprint density at radius 3 is 2.33 bits per heavy atom. The molecule has 0 bridgehead atoms. The highest BCUT2D eigenvalue weighted by Gasteiger charge is 2.30. The van der Waals surface area contributed by atoms with Crippen molar-refractivity contribution in [1.29, 1.82) is 0 Å². The van der Waals surface area contributed by atoms with Gasteiger partial charge in [0.15, 0.2) is 17.3 Å². The third-order valence-electron chi connectivity index (χ3n) is 5.60. The number of imidazole rings is 1. The van der Waals surface area contributed by atoms with E-state index < -0.39 is 11.7 Å². The maximum absolute atomic E-state index is 12.9. The van der Waals surface area contributed by atoms with E-state index in [1.54, 1.807) is 23.2 Å². The van der Waals surface area contributed by atoms with Gasteiger partial charge in [-0.25, -0.2) is 19.9 Å². The SMILES string of the molecule is COc1ccc(-c2nc(NCc3ccccc3)c3ncn(Cc4ccc(C(F)(F)F)cc4)c3n2)cn1. The Bertz CT molecular complexity index is 1470. The van der Waals surface area contributed by atoms with Crippen LogP contribution in [0.1, 0.15) is 16.7 Å². The summed E-state index contributed by atoms with van der Waals surface area (Å²) in [6.45, 7) is 0.823. The summed E-state index contributed by atoms with van der Waals surface area (Å²) in [6, 6.07) is 18.5. The minimum Gasteiger partial charge on any atom is -0.481 e. The molecule has 0 radical (unpaired) electrons. The predicted octanol–water partition coefficient (Wildman–Crippen LogP) is 5.58. The van der Waals surface area contributed by atoms with Gasteiger partial charge in [-0.3, -0.25) is 0 Å². The van der Waals surface area contributed by atoms with Gasteiger partial charge < -0.3 is 14.6 Å². The lowest BCUT2D eigenvalue weighted by Gasteiger charge is -2.11. The zero-order valence-electron chi connectivity index (χ0n) is 19.2. The molecule has 0 aliphatic rings. The van der Waals surface area contributed by atoms with E-state index in [0.29, 0.717) is 52.9 Å². The van der Waals surface area contributed by atoms with Crippen LogP contribution in [0.2, 0.25) is 0 Å². The van der Waals surface area contributed by atoms with E-state index in [2.05, 4.69) is 15.3 Å². The molecule has 0 spiro atoms. The van der Waals surface area contributed by atoms with E-state index in [9.17, 15) is 13.2 Å². The van der Waals surface area contributed by atoms with Gasteiger partial charge in [-0.15, -0.1) is 0 Å². The molecule has 5 rings (SSSR count). The van der Waals surface area contributed by atoms with Crippen molar-refractivity contribution in [3.05, 3.63) is 95.9 Å². The molecule has 0 saturated carbocycles. The number of halogens is 3. The number of rotatable bonds is 7. The normalized spacial score (nSPS) is 11.6. The van der Waals surface area contributed by atoms with E-state index in [4.69, 9.17) is 14.7 Å². The first kappa shape index (κ1) is 23.3. The van der Waals surface area contributed by atoms with Gasteiger partial charge in [0.25, 0.3) is 0 Å². The van der Waals surface area contributed by atoms with Crippen LogP contribution in [0.4, 0.5) is 19.0 Å². The minimum absolute atomic E-state index is 0.296. The van der Waals surface area contributed by atoms with Crippen molar-refractivity contribution < 1.29 is 17.9 Å². The number of hydrogen-bond acceptors (Lipinski definition) is 6. The van der Waals surface area contributed by atoms with Crippen molar-refractivity contribution >= 4 is 17.0 Å². The van der Waals surface area contributed by atoms with E-state index in [0.717, 1.165) is 17.7 Å². The molecule has 0 amide bonds. The molecule has 0 aliphatic carbocycles. The van der Waals surface area contributed by atoms with Gasteiger partial charge in [-0.05, 0) is 29.3 Å². The van der Waals surface area contributed by atoms with Crippen molar-refractivity contribution in [1.82, 2.24) is 24.5 Å². The molecule has 3 aromatic heterocycles. The molecule has 7 nitrogen and oxygen atoms in total. The lowest BCUT2D eigenvalue weighted by molar-refractivity contribution is -0.137. The van der Waals surface area contributed by atoms with E-state index in [1.807, 2.05) is 36.4 Å². The third-order valence-corrected chi connectivity index (χ3v) is 5.60. The van der Waals surface area contributed by atoms with E-state index in [1.165, 1.54) is 19.2 Å². The van der Waals surface area contributed by atoms with Gasteiger partial charge in [-0.2, -0.15) is 13.2 Å². The summed E-state index contributed by atoms with van der Waals surface area (Å²) in [6.07, 6.45) is -1.15. The molecular formula is C26H21F3N6O. The molecule has 0 aliphatic heterocycles. The van der Waals surface area contributed by atoms with Crippen molar-refractivity contribution in [3.8, 4) is 17.3 Å². The summed E-state index contributed by atoms with van der Waals surface area (Å²) in [5, 5.41) is 3.34. The Morgan fingerprint density at radius 2 is 1.67 bits per heavy atom. The number of anilines is 1. The van der Waals surface area contributed by atoms with Crippen LogP contribution in [-0.4, -0.2) is 31.6 Å². The molecule has 182 valence electrons. The Balaban J connectivity index is 1.52. The van der Waals surface area contributed by atoms with Crippen molar-refractivity contribution in [3.63, 3.8) is 0 Å². The molecule has 0 unspecified atom stereocenters. The van der Waals surface area contributed by atoms with Crippen LogP contribution in [0, 0.1) is 0 Å². The van der Waals surface area contributed by atoms with Gasteiger partial charge in [0.2, 0.25) is 5.88 Å². The molecule has 0 atom stereocenters. The van der Waals surface area contributed by atoms with E-state index >= 15 is 0 Å². The fraction of sp³-hybridized carbons (Fsp3) is 0.154. The molecular weight excluding hydrogens is 469 g/mol. The number of ether oxygens (including phenoxy) is 1. The quantitative estimate of drug-likeness (QED) is 0.321. The summed E-state index contributed by atoms with van der Waals surface area (Å²) >= 11 is 0. The molecule has 0 fully saturated rings. The number of benzene rings is 2. The van der Waals surface area contributed by atoms with Crippen molar-refractivity contribution in [2.45, 2.75) is 19.3 Å². The summed E-state index contributed by atoms with van der Waals surface area (Å²) in [5.41, 5.74) is 2.86. The second-order valence-electron chi connectivity index (χ2n) is 8.06. The molecule has 36 heavy (non-hydrogen) atoms. The maximum Gasteiger partial charge on any atom is 0.416 e. The van der Waals surface area contributed by atoms with Crippen molar-refractivity contribution in [2.24, 2.45) is 0 Å². The lowest BCUT2D eigenvalue weighted by Crippen LogP contribution is -2.07. The number of methoxy groups -OCH3 is 1. The van der Waals surface area contributed by atoms with Crippen LogP contribution >= 0.6 is 0 Å². The second kappa shape index (κ2) is 9.65. The molecule has 2 aromatic carbocycles. The highest BCUT2D eigenvalue weighted by Crippen LogP contribution is 2.30. The number of aromatic nitrogens is 5. The van der Waals surface area contributed by atoms with E-state index in [-0.39, 0.29) is 0 Å². The summed E-state index contributed by atoms with van der Waals surface area (Å²) in [4.78, 5) is 18.2. The first-order valence-corrected chi connectivity index (χ1v) is 11.1. The lowest BCUT2D eigenvalue weighted by atomic mass is 10.1. The van der Waals surface area contributed by atoms with Gasteiger partial charge in [0, 0.05) is 24.4 Å². The molecule has 0 saturated heterocycles. The van der Waals surface area contributed by atoms with Crippen LogP contribution in [0.25, 0.3) is 22.6 Å². The number of pyridine rings is 1. The predicted molar refractivity (Wildman–Crippen MR) is 129 cm³/mol. The summed E-state index contributed by atoms with van der Waals surface area (Å²) < 4.78 is 45.8. The van der Waals surface area contributed by atoms with Crippen LogP contribution in [0.3, 0.4) is 0 Å². The smallest absolute Gasteiger partial charge is 0.416 e. The fourth-order valence-corrected chi connectivity index (χ4v) is 3.72. The average Bonchev–Trinajstić information content (AvgIpc) is 3.30. The topological polar surface area (TPSA) is 77.8 Å². The number of hydrogen-bond donors (Lipinski definition) is 1. The number of alkyl halides is 3. The van der Waals surface area contributed by atoms with Crippen LogP contribution in [-0.2, 0) is 19.3 Å². The standard InChI is InChI=1S/C26H21F3N6O/c1-36-21-12-9-19(14-30-21)23-33-24(31-13-17-5-3-2-4-6-17)22-25(34-23)35(16-32-22)15-18-7-10-20(11-8-18)26(27,28)29/h2-12,14,16H,13,15H2,1H3,(H,31,33,34). The fourth-order valence-electron chi connectivity index (χ4n) is 3.72. The van der Waals surface area contributed by atoms with Crippen LogP contribution < -0.4 is 10.1 Å². The average molecular weight is 490 g/mol. The second-order valence-corrected chi connectivity index (χ2v) is 8.06. The number of nitrogens with zero attached hydrogens (tertiary/aromatic N) is 5. The largest absolute Gasteiger partial charge is 0.481 e. The molecule has 1 N–H and O–H groups in total. The van der Waals surface area contributed by atoms with Gasteiger partial charge >= 0.3 is 6.18 Å². The Labute approximate surface area is 204 Å². The highest BCUT2D eigenvalue weighted by molar-refractivity contribution is 5.85. The van der Waals surface area contributed by atoms with Crippen molar-refractivity contribution in [2.75, 3.05) is 12.4 Å². The molecule has 3 heterocycles. The van der Waals surface area contributed by atoms with Gasteiger partial charge in [0.1, 0.15) is 5.52 Å². The first-order valence-electron chi connectivity index (χ1n) is 11.1. The Kier molecular flexibility index (Phi) is 6.24. The summed E-state index contributed by atoms with van der Waals surface area (Å²) in [7, 11) is 1.54. The minimum atomic E-state index is -4.38. The number of fused-ring (bicyclic) bond motifs is 1. The zero-order valence-corrected chi connectivity index (χ0v) is 19.2. The molecule has 5 aromatic rings. The Hall–Kier alpha value is -4.47.